The van der Waals surface area contributed by atoms with Crippen molar-refractivity contribution in [2.75, 3.05) is 51.3 Å². The van der Waals surface area contributed by atoms with Gasteiger partial charge in [0, 0.05) is 60.8 Å². The normalized spacial score (nSPS) is 23.4. The molecule has 0 bridgehead atoms. The summed E-state index contributed by atoms with van der Waals surface area (Å²) in [4.78, 5) is 32.9. The standard InChI is InChI=1S/C54H68ClFN4O6/c1-37(36-66-49-17-25-57-48-12-3-7-38(2)51(48)49)31-41-33-40-14-15-46(35-47(40)53(41)20-22-54(23-21-53,52(62)63)59-44-10-5-9-42(55)34-44)64-29-6-13-50(61)58-24-16-39-8-4-11-45(32-39)65-30-28-60-26-18-43(56)19-27-60/h4-5,8-11,14-15,17,25,32,34-35,37-38,41,43,59H,3,6-7,12-13,16,18-24,26-31,33,36H2,1-2H3,(H,58,61)(H,62,63)/t37-,38-,41?,53?,54?/m1/s1. The zero-order valence-electron chi connectivity index (χ0n) is 38.8. The lowest BCUT2D eigenvalue weighted by molar-refractivity contribution is -0.144. The molecule has 1 saturated heterocycles. The van der Waals surface area contributed by atoms with Crippen molar-refractivity contribution in [2.24, 2.45) is 11.8 Å². The number of fused-ring (bicyclic) bond motifs is 3. The number of ether oxygens (including phenoxy) is 3. The number of pyridine rings is 1. The molecule has 2 fully saturated rings. The number of carbonyl (C=O) groups is 2. The highest BCUT2D eigenvalue weighted by Gasteiger charge is 2.54. The maximum atomic E-state index is 13.5. The number of piperidine rings is 1. The lowest BCUT2D eigenvalue weighted by Crippen LogP contribution is -2.53. The maximum absolute atomic E-state index is 13.5. The number of amides is 1. The van der Waals surface area contributed by atoms with E-state index < -0.39 is 17.7 Å². The molecule has 3 aromatic carbocycles. The van der Waals surface area contributed by atoms with Crippen molar-refractivity contribution < 1.29 is 33.3 Å². The second-order valence-electron chi connectivity index (χ2n) is 19.6. The molecule has 8 rings (SSSR count). The van der Waals surface area contributed by atoms with E-state index in [0.717, 1.165) is 87.4 Å². The maximum Gasteiger partial charge on any atom is 0.329 e. The zero-order valence-corrected chi connectivity index (χ0v) is 39.6. The van der Waals surface area contributed by atoms with Gasteiger partial charge in [0.1, 0.15) is 35.6 Å². The number of nitrogens with one attached hydrogen (secondary N) is 2. The zero-order chi connectivity index (χ0) is 46.1. The van der Waals surface area contributed by atoms with Crippen molar-refractivity contribution in [3.8, 4) is 17.2 Å². The van der Waals surface area contributed by atoms with E-state index in [1.54, 1.807) is 12.1 Å². The lowest BCUT2D eigenvalue weighted by Gasteiger charge is -2.47. The number of hydrogen-bond acceptors (Lipinski definition) is 8. The van der Waals surface area contributed by atoms with E-state index in [2.05, 4.69) is 46.5 Å². The summed E-state index contributed by atoms with van der Waals surface area (Å²) in [5.41, 5.74) is 5.47. The van der Waals surface area contributed by atoms with E-state index >= 15 is 0 Å². The largest absolute Gasteiger partial charge is 0.494 e. The highest BCUT2D eigenvalue weighted by Crippen LogP contribution is 2.57. The fourth-order valence-electron chi connectivity index (χ4n) is 11.2. The number of aliphatic carboxylic acids is 1. The summed E-state index contributed by atoms with van der Waals surface area (Å²) in [6, 6.07) is 23.8. The molecular formula is C54H68ClFN4O6. The first kappa shape index (κ1) is 47.6. The first-order valence-electron chi connectivity index (χ1n) is 24.5. The van der Waals surface area contributed by atoms with E-state index in [1.165, 1.54) is 22.4 Å². The summed E-state index contributed by atoms with van der Waals surface area (Å²) in [6.45, 7) is 9.00. The first-order chi connectivity index (χ1) is 32.0. The van der Waals surface area contributed by atoms with Gasteiger partial charge in [-0.3, -0.25) is 14.7 Å². The third-order valence-electron chi connectivity index (χ3n) is 14.9. The molecule has 0 radical (unpaired) electrons. The van der Waals surface area contributed by atoms with Gasteiger partial charge in [0.25, 0.3) is 0 Å². The van der Waals surface area contributed by atoms with Crippen LogP contribution in [0.25, 0.3) is 0 Å². The molecular weight excluding hydrogens is 855 g/mol. The molecule has 1 unspecified atom stereocenters. The van der Waals surface area contributed by atoms with Gasteiger partial charge in [0.2, 0.25) is 5.91 Å². The number of rotatable bonds is 20. The number of carbonyl (C=O) groups excluding carboxylic acids is 1. The van der Waals surface area contributed by atoms with E-state index in [-0.39, 0.29) is 17.2 Å². The molecule has 2 heterocycles. The number of aryl methyl sites for hydroxylation is 1. The molecule has 66 heavy (non-hydrogen) atoms. The van der Waals surface area contributed by atoms with Crippen LogP contribution in [-0.2, 0) is 34.3 Å². The Morgan fingerprint density at radius 3 is 2.55 bits per heavy atom. The summed E-state index contributed by atoms with van der Waals surface area (Å²) in [6.07, 6.45) is 11.6. The summed E-state index contributed by atoms with van der Waals surface area (Å²) in [5, 5.41) is 17.8. The Hall–Kier alpha value is -4.87. The number of nitrogens with zero attached hydrogens (tertiary/aromatic N) is 2. The molecule has 10 nitrogen and oxygen atoms in total. The first-order valence-corrected chi connectivity index (χ1v) is 24.9. The topological polar surface area (TPSA) is 122 Å². The van der Waals surface area contributed by atoms with Crippen molar-refractivity contribution >= 4 is 29.2 Å². The Kier molecular flexibility index (Phi) is 15.8. The fourth-order valence-corrected chi connectivity index (χ4v) is 11.4. The van der Waals surface area contributed by atoms with Crippen LogP contribution in [0.2, 0.25) is 5.02 Å². The Morgan fingerprint density at radius 1 is 0.955 bits per heavy atom. The van der Waals surface area contributed by atoms with Crippen LogP contribution in [0.4, 0.5) is 10.1 Å². The number of benzene rings is 3. The number of anilines is 1. The second kappa shape index (κ2) is 21.8. The van der Waals surface area contributed by atoms with Crippen LogP contribution in [-0.4, -0.2) is 84.6 Å². The Bertz CT molecular complexity index is 2280. The van der Waals surface area contributed by atoms with Crippen LogP contribution in [0.5, 0.6) is 17.2 Å². The van der Waals surface area contributed by atoms with Crippen molar-refractivity contribution in [3.05, 3.63) is 112 Å². The van der Waals surface area contributed by atoms with Gasteiger partial charge in [-0.25, -0.2) is 9.18 Å². The number of carboxylic acid groups (broad SMARTS) is 1. The van der Waals surface area contributed by atoms with Crippen LogP contribution in [0.15, 0.2) is 79.0 Å². The molecule has 12 heteroatoms. The average molecular weight is 924 g/mol. The fraction of sp³-hybridized carbons (Fsp3) is 0.537. The molecule has 4 aliphatic rings. The minimum atomic E-state index is -1.11. The minimum absolute atomic E-state index is 0.00858. The quantitative estimate of drug-likeness (QED) is 0.0744. The van der Waals surface area contributed by atoms with Crippen LogP contribution in [0, 0.1) is 11.8 Å². The number of hydrogen-bond donors (Lipinski definition) is 3. The predicted molar refractivity (Wildman–Crippen MR) is 258 cm³/mol. The Morgan fingerprint density at radius 2 is 1.74 bits per heavy atom. The smallest absolute Gasteiger partial charge is 0.329 e. The highest BCUT2D eigenvalue weighted by atomic mass is 35.5. The van der Waals surface area contributed by atoms with Gasteiger partial charge in [-0.05, 0) is 172 Å². The van der Waals surface area contributed by atoms with E-state index in [1.807, 2.05) is 54.7 Å². The van der Waals surface area contributed by atoms with Gasteiger partial charge in [0.05, 0.1) is 13.2 Å². The van der Waals surface area contributed by atoms with Gasteiger partial charge in [-0.2, -0.15) is 0 Å². The lowest BCUT2D eigenvalue weighted by atomic mass is 9.59. The number of halogens is 2. The van der Waals surface area contributed by atoms with Crippen LogP contribution >= 0.6 is 11.6 Å². The molecule has 4 aromatic rings. The number of carboxylic acids is 1. The van der Waals surface area contributed by atoms with Gasteiger partial charge in [0.15, 0.2) is 0 Å². The van der Waals surface area contributed by atoms with Crippen LogP contribution < -0.4 is 24.8 Å². The van der Waals surface area contributed by atoms with Gasteiger partial charge in [-0.1, -0.05) is 49.7 Å². The molecule has 3 aliphatic carbocycles. The summed E-state index contributed by atoms with van der Waals surface area (Å²) in [7, 11) is 0. The van der Waals surface area contributed by atoms with E-state index in [0.29, 0.717) is 93.9 Å². The van der Waals surface area contributed by atoms with E-state index in [9.17, 15) is 19.1 Å². The number of likely N-dealkylation sites (tertiary alicyclic amines) is 1. The van der Waals surface area contributed by atoms with Crippen LogP contribution in [0.3, 0.4) is 0 Å². The van der Waals surface area contributed by atoms with Crippen LogP contribution in [0.1, 0.15) is 118 Å². The molecule has 354 valence electrons. The van der Waals surface area contributed by atoms with Gasteiger partial charge < -0.3 is 30.0 Å². The van der Waals surface area contributed by atoms with E-state index in [4.69, 9.17) is 25.8 Å². The average Bonchev–Trinajstić information content (AvgIpc) is 3.59. The molecule has 3 N–H and O–H groups in total. The second-order valence-corrected chi connectivity index (χ2v) is 20.0. The molecule has 1 aromatic heterocycles. The Balaban J connectivity index is 0.862. The molecule has 1 aliphatic heterocycles. The minimum Gasteiger partial charge on any atom is -0.494 e. The summed E-state index contributed by atoms with van der Waals surface area (Å²) >= 11 is 6.33. The third kappa shape index (κ3) is 11.6. The van der Waals surface area contributed by atoms with Gasteiger partial charge >= 0.3 is 5.97 Å². The third-order valence-corrected chi connectivity index (χ3v) is 15.1. The molecule has 1 amide bonds. The van der Waals surface area contributed by atoms with Crippen molar-refractivity contribution in [1.82, 2.24) is 15.2 Å². The van der Waals surface area contributed by atoms with Crippen molar-refractivity contribution in [3.63, 3.8) is 0 Å². The highest BCUT2D eigenvalue weighted by molar-refractivity contribution is 6.30. The summed E-state index contributed by atoms with van der Waals surface area (Å²) in [5.74, 6) is 2.71. The van der Waals surface area contributed by atoms with Gasteiger partial charge in [-0.15, -0.1) is 0 Å². The predicted octanol–water partition coefficient (Wildman–Crippen LogP) is 10.5. The Labute approximate surface area is 395 Å². The number of aromatic nitrogens is 1. The number of alkyl halides is 1. The SMILES string of the molecule is C[C@@H](COc1ccnc2c1[C@H](C)CCC2)CC1Cc2ccc(OCCCC(=O)NCCc3cccc(OCCN4CCC(F)CC4)c3)cc2C12CCC(Nc1cccc(Cl)c1)(C(=O)O)CC2. The van der Waals surface area contributed by atoms with Crippen molar-refractivity contribution in [2.45, 2.75) is 127 Å². The monoisotopic (exact) mass is 922 g/mol. The molecule has 3 atom stereocenters. The molecule has 1 saturated carbocycles. The van der Waals surface area contributed by atoms with Crippen molar-refractivity contribution in [1.29, 1.82) is 0 Å². The molecule has 1 spiro atoms. The summed E-state index contributed by atoms with van der Waals surface area (Å²) < 4.78 is 32.4.